The van der Waals surface area contributed by atoms with E-state index in [1.54, 1.807) is 16.3 Å². The predicted molar refractivity (Wildman–Crippen MR) is 137 cm³/mol. The van der Waals surface area contributed by atoms with Gasteiger partial charge in [0.25, 0.3) is 5.56 Å². The summed E-state index contributed by atoms with van der Waals surface area (Å²) in [6, 6.07) is 13.8. The van der Waals surface area contributed by atoms with Gasteiger partial charge in [0, 0.05) is 11.7 Å². The van der Waals surface area contributed by atoms with E-state index >= 15 is 0 Å². The van der Waals surface area contributed by atoms with Crippen molar-refractivity contribution in [3.63, 3.8) is 0 Å². The molecular weight excluding hydrogens is 472 g/mol. The predicted octanol–water partition coefficient (Wildman–Crippen LogP) is 5.23. The van der Waals surface area contributed by atoms with Gasteiger partial charge < -0.3 is 5.32 Å². The number of hydrogen-bond donors (Lipinski definition) is 1. The number of benzene rings is 2. The van der Waals surface area contributed by atoms with Crippen molar-refractivity contribution >= 4 is 56.1 Å². The molecule has 0 aliphatic carbocycles. The minimum Gasteiger partial charge on any atom is -0.301 e. The fraction of sp³-hybridized carbons (Fsp3) is 0.250. The van der Waals surface area contributed by atoms with Gasteiger partial charge in [0.05, 0.1) is 32.2 Å². The molecule has 3 heterocycles. The van der Waals surface area contributed by atoms with Crippen LogP contribution in [0.4, 0.5) is 5.13 Å². The summed E-state index contributed by atoms with van der Waals surface area (Å²) in [5.74, 6) is -0.0434. The van der Waals surface area contributed by atoms with E-state index in [2.05, 4.69) is 23.3 Å². The number of fused-ring (bicyclic) bond motifs is 2. The zero-order chi connectivity index (χ0) is 23.1. The Balaban J connectivity index is 1.40. The van der Waals surface area contributed by atoms with Gasteiger partial charge in [-0.15, -0.1) is 11.8 Å². The van der Waals surface area contributed by atoms with Gasteiger partial charge in [-0.2, -0.15) is 0 Å². The third-order valence-corrected chi connectivity index (χ3v) is 8.38. The number of carbonyl (C=O) groups excluding carboxylic acids is 1. The Morgan fingerprint density at radius 2 is 1.91 bits per heavy atom. The average Bonchev–Trinajstić information content (AvgIpc) is 3.35. The monoisotopic (exact) mass is 494 g/mol. The second kappa shape index (κ2) is 8.96. The first-order chi connectivity index (χ1) is 15.9. The molecule has 0 radical (unpaired) electrons. The van der Waals surface area contributed by atoms with Crippen LogP contribution in [0, 0.1) is 13.8 Å². The number of rotatable bonds is 5. The lowest BCUT2D eigenvalue weighted by Gasteiger charge is -2.13. The second-order valence-electron chi connectivity index (χ2n) is 8.11. The van der Waals surface area contributed by atoms with Crippen LogP contribution in [0.2, 0.25) is 0 Å². The summed E-state index contributed by atoms with van der Waals surface area (Å²) < 4.78 is 2.67. The molecule has 0 saturated carbocycles. The van der Waals surface area contributed by atoms with Crippen molar-refractivity contribution in [2.45, 2.75) is 42.5 Å². The molecule has 0 bridgehead atoms. The molecule has 1 aliphatic rings. The van der Waals surface area contributed by atoms with Crippen LogP contribution in [0.5, 0.6) is 0 Å². The van der Waals surface area contributed by atoms with Crippen LogP contribution in [0.25, 0.3) is 15.9 Å². The molecule has 168 valence electrons. The smallest absolute Gasteiger partial charge is 0.272 e. The quantitative estimate of drug-likeness (QED) is 0.303. The van der Waals surface area contributed by atoms with E-state index in [4.69, 9.17) is 4.98 Å². The summed E-state index contributed by atoms with van der Waals surface area (Å²) in [6.07, 6.45) is 0.759. The Morgan fingerprint density at radius 1 is 1.15 bits per heavy atom. The van der Waals surface area contributed by atoms with Crippen molar-refractivity contribution in [3.05, 3.63) is 69.6 Å². The van der Waals surface area contributed by atoms with Gasteiger partial charge in [-0.05, 0) is 43.7 Å². The maximum absolute atomic E-state index is 13.4. The van der Waals surface area contributed by atoms with E-state index in [0.29, 0.717) is 20.4 Å². The highest BCUT2D eigenvalue weighted by molar-refractivity contribution is 8.00. The van der Waals surface area contributed by atoms with Gasteiger partial charge >= 0.3 is 0 Å². The molecule has 33 heavy (non-hydrogen) atoms. The fourth-order valence-corrected chi connectivity index (χ4v) is 6.59. The SMILES string of the molecule is Cc1ccc(-n2c(SCC(=O)Nc3nc4ccc(C)cc4s3)nc3c(c2=O)S[C@@H](C)C3)cc1. The van der Waals surface area contributed by atoms with Crippen molar-refractivity contribution in [1.82, 2.24) is 14.5 Å². The van der Waals surface area contributed by atoms with Gasteiger partial charge in [-0.25, -0.2) is 9.97 Å². The molecule has 0 spiro atoms. The summed E-state index contributed by atoms with van der Waals surface area (Å²) >= 11 is 4.30. The van der Waals surface area contributed by atoms with E-state index in [1.807, 2.05) is 50.2 Å². The first-order valence-electron chi connectivity index (χ1n) is 10.6. The van der Waals surface area contributed by atoms with Gasteiger partial charge in [0.15, 0.2) is 10.3 Å². The Kier molecular flexibility index (Phi) is 6.03. The standard InChI is InChI=1S/C24H22N4O2S3/c1-13-4-7-16(8-5-13)28-22(30)21-18(11-15(3)32-21)26-24(28)31-12-20(29)27-23-25-17-9-6-14(2)10-19(17)33-23/h4-10,15H,11-12H2,1-3H3,(H,25,27,29)/t15-/m0/s1. The lowest BCUT2D eigenvalue weighted by Crippen LogP contribution is -2.24. The number of aryl methyl sites for hydroxylation is 2. The molecule has 0 unspecified atom stereocenters. The van der Waals surface area contributed by atoms with Crippen LogP contribution in [0.3, 0.4) is 0 Å². The van der Waals surface area contributed by atoms with Crippen LogP contribution in [-0.4, -0.2) is 31.4 Å². The number of amides is 1. The largest absolute Gasteiger partial charge is 0.301 e. The molecule has 9 heteroatoms. The molecule has 5 rings (SSSR count). The van der Waals surface area contributed by atoms with Crippen molar-refractivity contribution in [2.24, 2.45) is 0 Å². The zero-order valence-corrected chi connectivity index (χ0v) is 20.9. The molecule has 0 saturated heterocycles. The van der Waals surface area contributed by atoms with Crippen LogP contribution < -0.4 is 10.9 Å². The summed E-state index contributed by atoms with van der Waals surface area (Å²) in [5, 5.41) is 4.32. The van der Waals surface area contributed by atoms with Crippen LogP contribution in [0.15, 0.2) is 57.3 Å². The van der Waals surface area contributed by atoms with E-state index < -0.39 is 0 Å². The summed E-state index contributed by atoms with van der Waals surface area (Å²) in [5.41, 5.74) is 4.65. The molecule has 1 N–H and O–H groups in total. The molecule has 4 aromatic rings. The Labute approximate surface area is 203 Å². The van der Waals surface area contributed by atoms with E-state index in [1.165, 1.54) is 23.1 Å². The average molecular weight is 495 g/mol. The molecule has 6 nitrogen and oxygen atoms in total. The van der Waals surface area contributed by atoms with Crippen molar-refractivity contribution in [1.29, 1.82) is 0 Å². The van der Waals surface area contributed by atoms with Crippen LogP contribution >= 0.6 is 34.9 Å². The molecule has 1 atom stereocenters. The molecule has 1 aliphatic heterocycles. The number of thiazole rings is 1. The van der Waals surface area contributed by atoms with E-state index in [-0.39, 0.29) is 17.2 Å². The van der Waals surface area contributed by atoms with Gasteiger partial charge in [0.2, 0.25) is 5.91 Å². The number of aromatic nitrogens is 3. The highest BCUT2D eigenvalue weighted by atomic mass is 32.2. The first kappa shape index (κ1) is 22.2. The van der Waals surface area contributed by atoms with E-state index in [9.17, 15) is 9.59 Å². The third-order valence-electron chi connectivity index (χ3n) is 5.30. The molecule has 2 aromatic carbocycles. The Morgan fingerprint density at radius 3 is 2.70 bits per heavy atom. The number of hydrogen-bond acceptors (Lipinski definition) is 7. The van der Waals surface area contributed by atoms with Crippen molar-refractivity contribution in [2.75, 3.05) is 11.1 Å². The third kappa shape index (κ3) is 4.58. The maximum atomic E-state index is 13.4. The zero-order valence-electron chi connectivity index (χ0n) is 18.4. The normalized spacial score (nSPS) is 15.1. The lowest BCUT2D eigenvalue weighted by atomic mass is 10.2. The summed E-state index contributed by atoms with van der Waals surface area (Å²) in [4.78, 5) is 36.1. The minimum absolute atomic E-state index is 0.0670. The second-order valence-corrected chi connectivity index (χ2v) is 11.5. The van der Waals surface area contributed by atoms with E-state index in [0.717, 1.165) is 39.1 Å². The fourth-order valence-electron chi connectivity index (χ4n) is 3.69. The van der Waals surface area contributed by atoms with Gasteiger partial charge in [-0.1, -0.05) is 53.8 Å². The Bertz CT molecular complexity index is 1430. The summed E-state index contributed by atoms with van der Waals surface area (Å²) in [6.45, 7) is 6.14. The number of thioether (sulfide) groups is 2. The number of nitrogens with one attached hydrogen (secondary N) is 1. The summed E-state index contributed by atoms with van der Waals surface area (Å²) in [7, 11) is 0. The number of nitrogens with zero attached hydrogens (tertiary/aromatic N) is 3. The number of anilines is 1. The molecule has 1 amide bonds. The van der Waals surface area contributed by atoms with Crippen molar-refractivity contribution in [3.8, 4) is 5.69 Å². The lowest BCUT2D eigenvalue weighted by molar-refractivity contribution is -0.113. The topological polar surface area (TPSA) is 76.9 Å². The van der Waals surface area contributed by atoms with Gasteiger partial charge in [-0.3, -0.25) is 14.2 Å². The molecule has 2 aromatic heterocycles. The number of carbonyl (C=O) groups is 1. The highest BCUT2D eigenvalue weighted by Crippen LogP contribution is 2.35. The van der Waals surface area contributed by atoms with Crippen LogP contribution in [0.1, 0.15) is 23.7 Å². The van der Waals surface area contributed by atoms with Crippen molar-refractivity contribution < 1.29 is 4.79 Å². The first-order valence-corrected chi connectivity index (χ1v) is 13.2. The highest BCUT2D eigenvalue weighted by Gasteiger charge is 2.27. The minimum atomic E-state index is -0.177. The molecular formula is C24H22N4O2S3. The maximum Gasteiger partial charge on any atom is 0.272 e. The Hall–Kier alpha value is -2.62. The molecule has 0 fully saturated rings. The van der Waals surface area contributed by atoms with Gasteiger partial charge in [0.1, 0.15) is 0 Å². The van der Waals surface area contributed by atoms with Crippen LogP contribution in [-0.2, 0) is 11.2 Å².